The minimum atomic E-state index is -0.0473. The second kappa shape index (κ2) is 6.36. The molecule has 1 aromatic heterocycles. The van der Waals surface area contributed by atoms with Crippen molar-refractivity contribution in [1.82, 2.24) is 9.88 Å². The smallest absolute Gasteiger partial charge is 0.255 e. The Labute approximate surface area is 137 Å². The van der Waals surface area contributed by atoms with Crippen LogP contribution in [0.15, 0.2) is 41.1 Å². The van der Waals surface area contributed by atoms with Crippen molar-refractivity contribution in [3.05, 3.63) is 52.3 Å². The number of hydrogen-bond donors (Lipinski definition) is 0. The number of carbonyl (C=O) groups excluding carboxylic acids is 1. The lowest BCUT2D eigenvalue weighted by molar-refractivity contribution is 0.0752. The first-order valence-electron chi connectivity index (χ1n) is 6.95. The Balaban J connectivity index is 1.78. The van der Waals surface area contributed by atoms with Crippen molar-refractivity contribution in [3.63, 3.8) is 0 Å². The Morgan fingerprint density at radius 2 is 2.09 bits per heavy atom. The summed E-state index contributed by atoms with van der Waals surface area (Å²) in [5.74, 6) is 1.42. The fraction of sp³-hybridized carbons (Fsp3) is 0.250. The molecule has 0 N–H and O–H groups in total. The number of rotatable bonds is 4. The molecular weight excluding hydrogens is 348 g/mol. The predicted molar refractivity (Wildman–Crippen MR) is 84.9 cm³/mol. The number of nitrogens with zero attached hydrogens (tertiary/aromatic N) is 2. The van der Waals surface area contributed by atoms with Crippen molar-refractivity contribution in [2.45, 2.75) is 13.5 Å². The number of pyridine rings is 1. The van der Waals surface area contributed by atoms with Crippen LogP contribution in [0.1, 0.15) is 22.8 Å². The van der Waals surface area contributed by atoms with E-state index in [1.165, 1.54) is 0 Å². The number of amides is 1. The Morgan fingerprint density at radius 1 is 1.27 bits per heavy atom. The van der Waals surface area contributed by atoms with Gasteiger partial charge in [0, 0.05) is 30.0 Å². The Bertz CT molecular complexity index is 706. The largest absolute Gasteiger partial charge is 0.454 e. The molecule has 1 aliphatic rings. The molecular formula is C16H15BrN2O3. The zero-order valence-electron chi connectivity index (χ0n) is 12.1. The van der Waals surface area contributed by atoms with Crippen LogP contribution in [0, 0.1) is 0 Å². The van der Waals surface area contributed by atoms with E-state index in [2.05, 4.69) is 20.9 Å². The van der Waals surface area contributed by atoms with Crippen molar-refractivity contribution in [1.29, 1.82) is 0 Å². The van der Waals surface area contributed by atoms with Gasteiger partial charge in [0.25, 0.3) is 5.91 Å². The standard InChI is InChI=1S/C16H15BrN2O3/c1-2-19(16(20)12-6-13(17)8-18-7-12)9-11-3-4-14-15(5-11)22-10-21-14/h3-8H,2,9-10H2,1H3. The molecule has 0 saturated carbocycles. The molecule has 0 saturated heterocycles. The van der Waals surface area contributed by atoms with E-state index in [1.807, 2.05) is 25.1 Å². The zero-order valence-corrected chi connectivity index (χ0v) is 13.7. The summed E-state index contributed by atoms with van der Waals surface area (Å²) >= 11 is 3.34. The Kier molecular flexibility index (Phi) is 4.29. The Hall–Kier alpha value is -2.08. The van der Waals surface area contributed by atoms with Crippen LogP contribution in [0.4, 0.5) is 0 Å². The maximum atomic E-state index is 12.6. The van der Waals surface area contributed by atoms with E-state index in [4.69, 9.17) is 9.47 Å². The number of ether oxygens (including phenoxy) is 2. The molecule has 0 aliphatic carbocycles. The molecule has 0 radical (unpaired) electrons. The van der Waals surface area contributed by atoms with Crippen LogP contribution >= 0.6 is 15.9 Å². The van der Waals surface area contributed by atoms with E-state index >= 15 is 0 Å². The van der Waals surface area contributed by atoms with Crippen LogP contribution < -0.4 is 9.47 Å². The van der Waals surface area contributed by atoms with E-state index < -0.39 is 0 Å². The molecule has 22 heavy (non-hydrogen) atoms. The SMILES string of the molecule is CCN(Cc1ccc2c(c1)OCO2)C(=O)c1cncc(Br)c1. The Morgan fingerprint density at radius 3 is 2.86 bits per heavy atom. The number of carbonyl (C=O) groups is 1. The third-order valence-electron chi connectivity index (χ3n) is 3.43. The molecule has 0 atom stereocenters. The average Bonchev–Trinajstić information content (AvgIpc) is 2.99. The summed E-state index contributed by atoms with van der Waals surface area (Å²) in [5, 5.41) is 0. The number of hydrogen-bond acceptors (Lipinski definition) is 4. The van der Waals surface area contributed by atoms with Crippen molar-refractivity contribution in [3.8, 4) is 11.5 Å². The molecule has 5 nitrogen and oxygen atoms in total. The maximum absolute atomic E-state index is 12.6. The van der Waals surface area contributed by atoms with Gasteiger partial charge in [-0.2, -0.15) is 0 Å². The zero-order chi connectivity index (χ0) is 15.5. The van der Waals surface area contributed by atoms with Crippen molar-refractivity contribution in [2.75, 3.05) is 13.3 Å². The van der Waals surface area contributed by atoms with Gasteiger partial charge < -0.3 is 14.4 Å². The van der Waals surface area contributed by atoms with Crippen molar-refractivity contribution < 1.29 is 14.3 Å². The van der Waals surface area contributed by atoms with Crippen LogP contribution in [-0.4, -0.2) is 29.1 Å². The van der Waals surface area contributed by atoms with E-state index in [0.717, 1.165) is 21.5 Å². The summed E-state index contributed by atoms with van der Waals surface area (Å²) in [6.45, 7) is 3.33. The summed E-state index contributed by atoms with van der Waals surface area (Å²) in [7, 11) is 0. The first-order valence-corrected chi connectivity index (χ1v) is 7.75. The van der Waals surface area contributed by atoms with Gasteiger partial charge in [-0.05, 0) is 46.6 Å². The van der Waals surface area contributed by atoms with Crippen molar-refractivity contribution in [2.24, 2.45) is 0 Å². The van der Waals surface area contributed by atoms with Crippen LogP contribution in [0.25, 0.3) is 0 Å². The molecule has 0 fully saturated rings. The number of fused-ring (bicyclic) bond motifs is 1. The number of halogens is 1. The fourth-order valence-electron chi connectivity index (χ4n) is 2.30. The van der Waals surface area contributed by atoms with E-state index in [9.17, 15) is 4.79 Å². The van der Waals surface area contributed by atoms with Gasteiger partial charge in [0.05, 0.1) is 5.56 Å². The third kappa shape index (κ3) is 3.06. The summed E-state index contributed by atoms with van der Waals surface area (Å²) < 4.78 is 11.5. The number of aromatic nitrogens is 1. The second-order valence-electron chi connectivity index (χ2n) is 4.90. The maximum Gasteiger partial charge on any atom is 0.255 e. The molecule has 0 bridgehead atoms. The molecule has 1 aromatic carbocycles. The molecule has 6 heteroatoms. The highest BCUT2D eigenvalue weighted by Crippen LogP contribution is 2.32. The van der Waals surface area contributed by atoms with Gasteiger partial charge in [-0.25, -0.2) is 0 Å². The van der Waals surface area contributed by atoms with Gasteiger partial charge in [0.15, 0.2) is 11.5 Å². The number of benzene rings is 1. The van der Waals surface area contributed by atoms with Gasteiger partial charge in [0.2, 0.25) is 6.79 Å². The minimum absolute atomic E-state index is 0.0473. The molecule has 2 heterocycles. The van der Waals surface area contributed by atoms with Crippen LogP contribution in [0.3, 0.4) is 0 Å². The normalized spacial score (nSPS) is 12.3. The van der Waals surface area contributed by atoms with Crippen LogP contribution in [-0.2, 0) is 6.54 Å². The summed E-state index contributed by atoms with van der Waals surface area (Å²) in [4.78, 5) is 18.4. The lowest BCUT2D eigenvalue weighted by Crippen LogP contribution is -2.30. The van der Waals surface area contributed by atoms with Gasteiger partial charge in [-0.3, -0.25) is 9.78 Å². The highest BCUT2D eigenvalue weighted by atomic mass is 79.9. The lowest BCUT2D eigenvalue weighted by atomic mass is 10.1. The van der Waals surface area contributed by atoms with E-state index in [0.29, 0.717) is 18.7 Å². The van der Waals surface area contributed by atoms with Crippen molar-refractivity contribution >= 4 is 21.8 Å². The topological polar surface area (TPSA) is 51.7 Å². The second-order valence-corrected chi connectivity index (χ2v) is 5.81. The molecule has 0 unspecified atom stereocenters. The molecule has 114 valence electrons. The van der Waals surface area contributed by atoms with Crippen LogP contribution in [0.5, 0.6) is 11.5 Å². The third-order valence-corrected chi connectivity index (χ3v) is 3.86. The average molecular weight is 363 g/mol. The first-order chi connectivity index (χ1) is 10.7. The summed E-state index contributed by atoms with van der Waals surface area (Å²) in [5.41, 5.74) is 1.57. The molecule has 3 rings (SSSR count). The molecule has 0 spiro atoms. The van der Waals surface area contributed by atoms with Gasteiger partial charge in [-0.15, -0.1) is 0 Å². The summed E-state index contributed by atoms with van der Waals surface area (Å²) in [6.07, 6.45) is 3.24. The first kappa shape index (κ1) is 14.8. The highest BCUT2D eigenvalue weighted by molar-refractivity contribution is 9.10. The van der Waals surface area contributed by atoms with Gasteiger partial charge in [0.1, 0.15) is 0 Å². The van der Waals surface area contributed by atoms with E-state index in [1.54, 1.807) is 23.4 Å². The van der Waals surface area contributed by atoms with Gasteiger partial charge >= 0.3 is 0 Å². The lowest BCUT2D eigenvalue weighted by Gasteiger charge is -2.21. The molecule has 1 aliphatic heterocycles. The van der Waals surface area contributed by atoms with Crippen LogP contribution in [0.2, 0.25) is 0 Å². The molecule has 1 amide bonds. The minimum Gasteiger partial charge on any atom is -0.454 e. The summed E-state index contributed by atoms with van der Waals surface area (Å²) in [6, 6.07) is 7.51. The monoisotopic (exact) mass is 362 g/mol. The molecule has 2 aromatic rings. The van der Waals surface area contributed by atoms with E-state index in [-0.39, 0.29) is 12.7 Å². The van der Waals surface area contributed by atoms with Gasteiger partial charge in [-0.1, -0.05) is 6.07 Å². The quantitative estimate of drug-likeness (QED) is 0.837. The predicted octanol–water partition coefficient (Wildman–Crippen LogP) is 3.24. The highest BCUT2D eigenvalue weighted by Gasteiger charge is 2.18. The fourth-order valence-corrected chi connectivity index (χ4v) is 2.66.